The van der Waals surface area contributed by atoms with Gasteiger partial charge in [0.25, 0.3) is 0 Å². The van der Waals surface area contributed by atoms with E-state index in [2.05, 4.69) is 108 Å². The molecule has 286 valence electrons. The van der Waals surface area contributed by atoms with E-state index in [9.17, 15) is 9.18 Å². The molecule has 2 heterocycles. The van der Waals surface area contributed by atoms with Gasteiger partial charge in [-0.3, -0.25) is 9.56 Å². The molecule has 9 nitrogen and oxygen atoms in total. The van der Waals surface area contributed by atoms with Gasteiger partial charge in [-0.15, -0.1) is 0 Å². The number of rotatable bonds is 12. The van der Waals surface area contributed by atoms with Crippen LogP contribution in [0.3, 0.4) is 0 Å². The molecule has 4 aromatic rings. The van der Waals surface area contributed by atoms with E-state index < -0.39 is 0 Å². The molecule has 2 aromatic heterocycles. The Morgan fingerprint density at radius 3 is 2.17 bits per heavy atom. The maximum atomic E-state index is 14.9. The molecular weight excluding hydrogens is 652 g/mol. The molecule has 0 saturated heterocycles. The fraction of sp³-hybridized carbons (Fsp3) is 0.548. The number of nitrogens with zero attached hydrogens (tertiary/aromatic N) is 3. The van der Waals surface area contributed by atoms with Crippen LogP contribution < -0.4 is 28.2 Å². The Kier molecular flexibility index (Phi) is 14.4. The van der Waals surface area contributed by atoms with E-state index in [1.807, 2.05) is 37.4 Å². The quantitative estimate of drug-likeness (QED) is 0.0575. The van der Waals surface area contributed by atoms with E-state index in [0.29, 0.717) is 12.2 Å². The third kappa shape index (κ3) is 12.9. The summed E-state index contributed by atoms with van der Waals surface area (Å²) < 4.78 is 16.5. The first-order chi connectivity index (χ1) is 24.0. The zero-order valence-electron chi connectivity index (χ0n) is 33.6. The molecule has 0 unspecified atom stereocenters. The molecule has 0 aliphatic rings. The van der Waals surface area contributed by atoms with E-state index in [1.165, 1.54) is 5.56 Å². The van der Waals surface area contributed by atoms with Crippen LogP contribution in [0.15, 0.2) is 58.4 Å². The number of fused-ring (bicyclic) bond motifs is 1. The first kappa shape index (κ1) is 42.4. The van der Waals surface area contributed by atoms with Crippen LogP contribution in [0.1, 0.15) is 129 Å². The SMILES string of the molecule is C[C@H](N)CCCc1cc(CC(C)(C)C)c(F)c(C(C)(C)C)c1.C[C@H](NCCCN=C(N)N)c1ccc(-n2cc3cc(C(C)(C)C)[nH]c3nc2=O)cc1. The highest BCUT2D eigenvalue weighted by Crippen LogP contribution is 2.32. The summed E-state index contributed by atoms with van der Waals surface area (Å²) in [6.45, 7) is 24.6. The van der Waals surface area contributed by atoms with Crippen molar-refractivity contribution in [2.24, 2.45) is 27.6 Å². The minimum atomic E-state index is -0.302. The van der Waals surface area contributed by atoms with Crippen molar-refractivity contribution in [2.75, 3.05) is 13.1 Å². The number of guanidine groups is 1. The van der Waals surface area contributed by atoms with Crippen molar-refractivity contribution >= 4 is 17.0 Å². The molecule has 0 spiro atoms. The Labute approximate surface area is 311 Å². The smallest absolute Gasteiger partial charge is 0.354 e. The number of nitrogens with two attached hydrogens (primary N) is 3. The van der Waals surface area contributed by atoms with Gasteiger partial charge in [-0.25, -0.2) is 9.18 Å². The van der Waals surface area contributed by atoms with Gasteiger partial charge in [0.15, 0.2) is 5.96 Å². The lowest BCUT2D eigenvalue weighted by Gasteiger charge is -2.25. The molecular formula is C42H65FN8O. The molecule has 0 amide bonds. The second kappa shape index (κ2) is 17.7. The van der Waals surface area contributed by atoms with Crippen LogP contribution in [-0.2, 0) is 23.7 Å². The van der Waals surface area contributed by atoms with E-state index >= 15 is 0 Å². The second-order valence-corrected chi connectivity index (χ2v) is 17.5. The van der Waals surface area contributed by atoms with Crippen LogP contribution >= 0.6 is 0 Å². The Morgan fingerprint density at radius 2 is 1.62 bits per heavy atom. The third-order valence-corrected chi connectivity index (χ3v) is 8.93. The molecule has 0 aliphatic carbocycles. The van der Waals surface area contributed by atoms with Crippen LogP contribution in [-0.4, -0.2) is 39.6 Å². The van der Waals surface area contributed by atoms with Crippen LogP contribution in [0, 0.1) is 11.2 Å². The highest BCUT2D eigenvalue weighted by atomic mass is 19.1. The summed E-state index contributed by atoms with van der Waals surface area (Å²) in [6, 6.07) is 14.5. The fourth-order valence-electron chi connectivity index (χ4n) is 6.00. The molecule has 0 fully saturated rings. The highest BCUT2D eigenvalue weighted by molar-refractivity contribution is 5.76. The Morgan fingerprint density at radius 1 is 0.962 bits per heavy atom. The normalized spacial score (nSPS) is 13.4. The molecule has 8 N–H and O–H groups in total. The molecule has 2 atom stereocenters. The minimum absolute atomic E-state index is 0.0154. The summed E-state index contributed by atoms with van der Waals surface area (Å²) in [6.07, 6.45) is 6.51. The Bertz CT molecular complexity index is 1830. The fourth-order valence-corrected chi connectivity index (χ4v) is 6.00. The Balaban J connectivity index is 0.000000295. The number of aryl methyl sites for hydroxylation is 1. The predicted molar refractivity (Wildman–Crippen MR) is 217 cm³/mol. The van der Waals surface area contributed by atoms with Gasteiger partial charge in [-0.05, 0) is 104 Å². The second-order valence-electron chi connectivity index (χ2n) is 17.5. The average Bonchev–Trinajstić information content (AvgIpc) is 3.44. The summed E-state index contributed by atoms with van der Waals surface area (Å²) in [5, 5.41) is 4.36. The van der Waals surface area contributed by atoms with E-state index in [-0.39, 0.29) is 45.8 Å². The summed E-state index contributed by atoms with van der Waals surface area (Å²) >= 11 is 0. The van der Waals surface area contributed by atoms with E-state index in [0.717, 1.165) is 72.1 Å². The number of aliphatic imine (C=N–C) groups is 1. The van der Waals surface area contributed by atoms with Crippen molar-refractivity contribution in [3.63, 3.8) is 0 Å². The highest BCUT2D eigenvalue weighted by Gasteiger charge is 2.24. The molecule has 2 aromatic carbocycles. The summed E-state index contributed by atoms with van der Waals surface area (Å²) in [4.78, 5) is 24.0. The van der Waals surface area contributed by atoms with Gasteiger partial charge in [0.05, 0.1) is 5.69 Å². The summed E-state index contributed by atoms with van der Waals surface area (Å²) in [5.41, 5.74) is 22.6. The van der Waals surface area contributed by atoms with Crippen molar-refractivity contribution in [2.45, 2.75) is 131 Å². The third-order valence-electron chi connectivity index (χ3n) is 8.93. The van der Waals surface area contributed by atoms with Crippen molar-refractivity contribution in [1.82, 2.24) is 19.9 Å². The predicted octanol–water partition coefficient (Wildman–Crippen LogP) is 7.71. The zero-order valence-corrected chi connectivity index (χ0v) is 33.6. The van der Waals surface area contributed by atoms with Crippen LogP contribution in [0.4, 0.5) is 4.39 Å². The van der Waals surface area contributed by atoms with Crippen molar-refractivity contribution in [3.05, 3.63) is 92.9 Å². The maximum absolute atomic E-state index is 14.9. The zero-order chi connectivity index (χ0) is 39.0. The number of nitrogens with one attached hydrogen (secondary N) is 2. The lowest BCUT2D eigenvalue weighted by atomic mass is 9.80. The number of aromatic nitrogens is 3. The number of H-pyrrole nitrogens is 1. The first-order valence-electron chi connectivity index (χ1n) is 18.6. The number of halogens is 1. The van der Waals surface area contributed by atoms with Crippen LogP contribution in [0.5, 0.6) is 0 Å². The molecule has 52 heavy (non-hydrogen) atoms. The van der Waals surface area contributed by atoms with E-state index in [1.54, 1.807) is 4.57 Å². The topological polar surface area (TPSA) is 153 Å². The number of aromatic amines is 1. The van der Waals surface area contributed by atoms with Gasteiger partial charge in [-0.2, -0.15) is 4.98 Å². The van der Waals surface area contributed by atoms with Gasteiger partial charge in [0.2, 0.25) is 0 Å². The Hall–Kier alpha value is -4.02. The molecule has 0 aliphatic heterocycles. The summed E-state index contributed by atoms with van der Waals surface area (Å²) in [7, 11) is 0. The number of benzene rings is 2. The molecule has 0 radical (unpaired) electrons. The first-order valence-corrected chi connectivity index (χ1v) is 18.6. The van der Waals surface area contributed by atoms with Crippen molar-refractivity contribution < 1.29 is 4.39 Å². The minimum Gasteiger partial charge on any atom is -0.370 e. The van der Waals surface area contributed by atoms with Crippen LogP contribution in [0.2, 0.25) is 0 Å². The van der Waals surface area contributed by atoms with Gasteiger partial charge in [-0.1, -0.05) is 86.6 Å². The number of hydrogen-bond acceptors (Lipinski definition) is 5. The average molecular weight is 717 g/mol. The van der Waals surface area contributed by atoms with Crippen LogP contribution in [0.25, 0.3) is 16.7 Å². The van der Waals surface area contributed by atoms with Gasteiger partial charge in [0.1, 0.15) is 11.5 Å². The molecule has 10 heteroatoms. The summed E-state index contributed by atoms with van der Waals surface area (Å²) in [5.74, 6) is 0.106. The van der Waals surface area contributed by atoms with Gasteiger partial charge >= 0.3 is 5.69 Å². The van der Waals surface area contributed by atoms with Crippen molar-refractivity contribution in [1.29, 1.82) is 0 Å². The largest absolute Gasteiger partial charge is 0.370 e. The van der Waals surface area contributed by atoms with E-state index in [4.69, 9.17) is 17.2 Å². The lowest BCUT2D eigenvalue weighted by molar-refractivity contribution is 0.398. The molecule has 0 bridgehead atoms. The molecule has 4 rings (SSSR count). The monoisotopic (exact) mass is 717 g/mol. The molecule has 0 saturated carbocycles. The van der Waals surface area contributed by atoms with Crippen molar-refractivity contribution in [3.8, 4) is 5.69 Å². The van der Waals surface area contributed by atoms with Gasteiger partial charge in [0, 0.05) is 41.3 Å². The van der Waals surface area contributed by atoms with Gasteiger partial charge < -0.3 is 27.5 Å². The lowest BCUT2D eigenvalue weighted by Crippen LogP contribution is -2.24. The maximum Gasteiger partial charge on any atom is 0.354 e. The standard InChI is InChI=1S/C22H31N7O.C20H34FN/c1-14(25-10-5-11-26-20(23)24)15-6-8-17(9-7-15)29-13-16-12-18(22(2,3)4)27-19(16)28-21(29)30;1-14(22)9-8-10-15-11-16(13-19(2,3)4)18(21)17(12-15)20(5,6)7/h6-9,12-14,25H,5,10-11H2,1-4H3,(H4,23,24,26)(H,27,28,30);11-12,14H,8-10,13,22H2,1-7H3/t2*14-/m00/s1. The number of hydrogen-bond donors (Lipinski definition) is 5.